The lowest BCUT2D eigenvalue weighted by Crippen LogP contribution is -2.47. The molecule has 0 radical (unpaired) electrons. The first-order valence-electron chi connectivity index (χ1n) is 8.26. The third-order valence-corrected chi connectivity index (χ3v) is 5.41. The van der Waals surface area contributed by atoms with Crippen LogP contribution in [0.4, 0.5) is 0 Å². The van der Waals surface area contributed by atoms with Gasteiger partial charge in [-0.2, -0.15) is 0 Å². The van der Waals surface area contributed by atoms with Crippen LogP contribution in [0.25, 0.3) is 0 Å². The van der Waals surface area contributed by atoms with Gasteiger partial charge in [-0.1, -0.05) is 31.8 Å². The van der Waals surface area contributed by atoms with Gasteiger partial charge in [0.1, 0.15) is 5.84 Å². The van der Waals surface area contributed by atoms with Crippen LogP contribution in [0.2, 0.25) is 0 Å². The lowest BCUT2D eigenvalue weighted by atomic mass is 9.78. The van der Waals surface area contributed by atoms with E-state index < -0.39 is 0 Å². The fraction of sp³-hybridized carbons (Fsp3) is 0.938. The van der Waals surface area contributed by atoms with Crippen LogP contribution in [-0.2, 0) is 0 Å². The van der Waals surface area contributed by atoms with E-state index in [1.54, 1.807) is 0 Å². The minimum atomic E-state index is -0.198. The molecule has 0 aromatic heterocycles. The number of nitrogens with two attached hydrogens (primary N) is 1. The Kier molecular flexibility index (Phi) is 5.30. The van der Waals surface area contributed by atoms with Gasteiger partial charge in [-0.15, -0.1) is 0 Å². The van der Waals surface area contributed by atoms with E-state index in [1.165, 1.54) is 51.6 Å². The molecule has 20 heavy (non-hydrogen) atoms. The summed E-state index contributed by atoms with van der Waals surface area (Å²) in [5.74, 6) is 1.31. The van der Waals surface area contributed by atoms with Crippen LogP contribution in [0.5, 0.6) is 0 Å². The van der Waals surface area contributed by atoms with Crippen molar-refractivity contribution in [2.45, 2.75) is 71.3 Å². The van der Waals surface area contributed by atoms with Crippen LogP contribution in [0.1, 0.15) is 65.2 Å². The standard InChI is InChI=1S/C16H31N3O/c1-16(2,15(17)18-20)10-6-12-19-11-5-8-13-7-3-4-9-14(13)19/h13-14,20H,3-12H2,1-2H3,(H2,17,18). The van der Waals surface area contributed by atoms with E-state index in [2.05, 4.69) is 23.9 Å². The summed E-state index contributed by atoms with van der Waals surface area (Å²) in [6.45, 7) is 6.55. The quantitative estimate of drug-likeness (QED) is 0.352. The molecule has 3 N–H and O–H groups in total. The van der Waals surface area contributed by atoms with Crippen molar-refractivity contribution in [3.05, 3.63) is 0 Å². The van der Waals surface area contributed by atoms with Crippen molar-refractivity contribution in [2.24, 2.45) is 22.2 Å². The van der Waals surface area contributed by atoms with Gasteiger partial charge in [0, 0.05) is 11.5 Å². The van der Waals surface area contributed by atoms with Gasteiger partial charge in [0.15, 0.2) is 0 Å². The predicted molar refractivity (Wildman–Crippen MR) is 83.0 cm³/mol. The fourth-order valence-electron chi connectivity index (χ4n) is 3.99. The number of hydrogen-bond donors (Lipinski definition) is 2. The molecule has 0 aromatic carbocycles. The Labute approximate surface area is 123 Å². The number of hydrogen-bond acceptors (Lipinski definition) is 3. The Morgan fingerprint density at radius 1 is 1.25 bits per heavy atom. The number of oxime groups is 1. The average molecular weight is 281 g/mol. The van der Waals surface area contributed by atoms with Gasteiger partial charge in [-0.25, -0.2) is 0 Å². The Morgan fingerprint density at radius 3 is 2.70 bits per heavy atom. The molecule has 1 saturated carbocycles. The molecule has 0 spiro atoms. The SMILES string of the molecule is CC(C)(CCCN1CCCC2CCCCC21)C(N)=NO. The molecule has 1 saturated heterocycles. The zero-order valence-corrected chi connectivity index (χ0v) is 13.1. The normalized spacial score (nSPS) is 29.2. The van der Waals surface area contributed by atoms with E-state index in [-0.39, 0.29) is 5.41 Å². The molecular formula is C16H31N3O. The fourth-order valence-corrected chi connectivity index (χ4v) is 3.99. The van der Waals surface area contributed by atoms with Gasteiger partial charge >= 0.3 is 0 Å². The highest BCUT2D eigenvalue weighted by atomic mass is 16.4. The molecule has 1 aliphatic carbocycles. The molecular weight excluding hydrogens is 250 g/mol. The van der Waals surface area contributed by atoms with E-state index in [1.807, 2.05) is 0 Å². The summed E-state index contributed by atoms with van der Waals surface area (Å²) >= 11 is 0. The molecule has 1 aliphatic heterocycles. The molecule has 0 aromatic rings. The topological polar surface area (TPSA) is 61.8 Å². The summed E-state index contributed by atoms with van der Waals surface area (Å²) in [6, 6.07) is 0.837. The van der Waals surface area contributed by atoms with Gasteiger partial charge in [0.25, 0.3) is 0 Å². The number of piperidine rings is 1. The Bertz CT molecular complexity index is 339. The van der Waals surface area contributed by atoms with Gasteiger partial charge in [-0.3, -0.25) is 0 Å². The Balaban J connectivity index is 1.81. The second-order valence-electron chi connectivity index (χ2n) is 7.26. The first-order valence-corrected chi connectivity index (χ1v) is 8.26. The number of nitrogens with zero attached hydrogens (tertiary/aromatic N) is 2. The summed E-state index contributed by atoms with van der Waals surface area (Å²) in [6.07, 6.45) is 10.6. The third kappa shape index (κ3) is 3.66. The summed E-state index contributed by atoms with van der Waals surface area (Å²) in [4.78, 5) is 2.72. The van der Waals surface area contributed by atoms with Gasteiger partial charge < -0.3 is 15.8 Å². The van der Waals surface area contributed by atoms with E-state index in [0.29, 0.717) is 5.84 Å². The minimum Gasteiger partial charge on any atom is -0.409 e. The van der Waals surface area contributed by atoms with Gasteiger partial charge in [0.2, 0.25) is 0 Å². The number of rotatable bonds is 5. The highest BCUT2D eigenvalue weighted by Crippen LogP contribution is 2.35. The number of amidine groups is 1. The first-order chi connectivity index (χ1) is 9.54. The van der Waals surface area contributed by atoms with Crippen LogP contribution in [0.3, 0.4) is 0 Å². The average Bonchev–Trinajstić information content (AvgIpc) is 2.46. The molecule has 0 amide bonds. The van der Waals surface area contributed by atoms with Gasteiger partial charge in [0.05, 0.1) is 0 Å². The molecule has 0 bridgehead atoms. The maximum Gasteiger partial charge on any atom is 0.144 e. The maximum atomic E-state index is 8.83. The van der Waals surface area contributed by atoms with Crippen molar-refractivity contribution >= 4 is 5.84 Å². The molecule has 4 heteroatoms. The molecule has 2 unspecified atom stereocenters. The second-order valence-corrected chi connectivity index (χ2v) is 7.26. The van der Waals surface area contributed by atoms with Gasteiger partial charge in [-0.05, 0) is 57.5 Å². The Hall–Kier alpha value is -0.770. The lowest BCUT2D eigenvalue weighted by molar-refractivity contribution is 0.0583. The van der Waals surface area contributed by atoms with E-state index in [9.17, 15) is 0 Å². The zero-order chi connectivity index (χ0) is 14.6. The second kappa shape index (κ2) is 6.79. The van der Waals surface area contributed by atoms with E-state index in [4.69, 9.17) is 10.9 Å². The highest BCUT2D eigenvalue weighted by Gasteiger charge is 2.33. The number of fused-ring (bicyclic) bond motifs is 1. The highest BCUT2D eigenvalue weighted by molar-refractivity contribution is 5.85. The molecule has 1 heterocycles. The summed E-state index contributed by atoms with van der Waals surface area (Å²) in [5, 5.41) is 12.0. The van der Waals surface area contributed by atoms with Crippen LogP contribution >= 0.6 is 0 Å². The van der Waals surface area contributed by atoms with Crippen LogP contribution in [-0.4, -0.2) is 35.1 Å². The van der Waals surface area contributed by atoms with Crippen molar-refractivity contribution in [3.8, 4) is 0 Å². The lowest BCUT2D eigenvalue weighted by Gasteiger charge is -2.44. The Morgan fingerprint density at radius 2 is 1.95 bits per heavy atom. The summed E-state index contributed by atoms with van der Waals surface area (Å²) in [7, 11) is 0. The summed E-state index contributed by atoms with van der Waals surface area (Å²) in [5.41, 5.74) is 5.56. The molecule has 2 rings (SSSR count). The first kappa shape index (κ1) is 15.6. The van der Waals surface area contributed by atoms with Crippen LogP contribution < -0.4 is 5.73 Å². The van der Waals surface area contributed by atoms with Crippen molar-refractivity contribution in [1.82, 2.24) is 4.90 Å². The number of likely N-dealkylation sites (tertiary alicyclic amines) is 1. The van der Waals surface area contributed by atoms with Crippen molar-refractivity contribution in [3.63, 3.8) is 0 Å². The maximum absolute atomic E-state index is 8.83. The zero-order valence-electron chi connectivity index (χ0n) is 13.1. The molecule has 2 fully saturated rings. The van der Waals surface area contributed by atoms with Crippen LogP contribution in [0, 0.1) is 11.3 Å². The third-order valence-electron chi connectivity index (χ3n) is 5.41. The summed E-state index contributed by atoms with van der Waals surface area (Å²) < 4.78 is 0. The van der Waals surface area contributed by atoms with Crippen LogP contribution in [0.15, 0.2) is 5.16 Å². The predicted octanol–water partition coefficient (Wildman–Crippen LogP) is 3.19. The van der Waals surface area contributed by atoms with Crippen molar-refractivity contribution in [1.29, 1.82) is 0 Å². The minimum absolute atomic E-state index is 0.198. The molecule has 116 valence electrons. The van der Waals surface area contributed by atoms with Crippen molar-refractivity contribution < 1.29 is 5.21 Å². The van der Waals surface area contributed by atoms with E-state index >= 15 is 0 Å². The monoisotopic (exact) mass is 281 g/mol. The molecule has 4 nitrogen and oxygen atoms in total. The largest absolute Gasteiger partial charge is 0.409 e. The smallest absolute Gasteiger partial charge is 0.144 e. The van der Waals surface area contributed by atoms with Crippen molar-refractivity contribution in [2.75, 3.05) is 13.1 Å². The molecule has 2 aliphatic rings. The van der Waals surface area contributed by atoms with E-state index in [0.717, 1.165) is 24.8 Å². The molecule has 2 atom stereocenters.